The molecule has 0 aromatic carbocycles. The van der Waals surface area contributed by atoms with Crippen LogP contribution in [-0.2, 0) is 14.4 Å². The molecule has 0 rings (SSSR count). The van der Waals surface area contributed by atoms with Gasteiger partial charge in [-0.05, 0) is 57.8 Å². The van der Waals surface area contributed by atoms with Crippen molar-refractivity contribution in [2.45, 2.75) is 200 Å². The van der Waals surface area contributed by atoms with Crippen LogP contribution < -0.4 is 0 Å². The van der Waals surface area contributed by atoms with Crippen LogP contribution in [0.2, 0.25) is 0 Å². The van der Waals surface area contributed by atoms with E-state index in [9.17, 15) is 29.7 Å². The summed E-state index contributed by atoms with van der Waals surface area (Å²) in [7, 11) is 0. The number of nitrogens with zero attached hydrogens (tertiary/aromatic N) is 1. The molecule has 3 unspecified atom stereocenters. The first-order chi connectivity index (χ1) is 21.2. The van der Waals surface area contributed by atoms with Gasteiger partial charge in [0, 0.05) is 19.3 Å². The van der Waals surface area contributed by atoms with E-state index in [0.29, 0.717) is 25.7 Å². The summed E-state index contributed by atoms with van der Waals surface area (Å²) in [5, 5.41) is 30.9. The molecule has 0 radical (unpaired) electrons. The zero-order chi connectivity index (χ0) is 33.1. The molecule has 0 amide bonds. The van der Waals surface area contributed by atoms with Crippen LogP contribution in [-0.4, -0.2) is 62.4 Å². The van der Waals surface area contributed by atoms with Gasteiger partial charge in [-0.2, -0.15) is 0 Å². The van der Waals surface area contributed by atoms with Crippen LogP contribution >= 0.6 is 0 Å². The molecule has 0 saturated carbocycles. The lowest BCUT2D eigenvalue weighted by molar-refractivity contribution is -0.973. The number of quaternary nitrogens is 1. The molecule has 0 spiro atoms. The summed E-state index contributed by atoms with van der Waals surface area (Å²) in [6.07, 6.45) is 28.9. The number of hydrogen-bond acceptors (Lipinski definition) is 3. The van der Waals surface area contributed by atoms with Crippen LogP contribution in [0, 0.1) is 0 Å². The maximum atomic E-state index is 12.6. The van der Waals surface area contributed by atoms with E-state index in [2.05, 4.69) is 19.1 Å². The fourth-order valence-electron chi connectivity index (χ4n) is 6.99. The van der Waals surface area contributed by atoms with Gasteiger partial charge in [-0.3, -0.25) is 4.48 Å². The van der Waals surface area contributed by atoms with E-state index in [-0.39, 0.29) is 30.3 Å². The molecule has 3 atom stereocenters. The van der Waals surface area contributed by atoms with Crippen molar-refractivity contribution in [3.8, 4) is 0 Å². The number of hydrogen-bond donors (Lipinski definition) is 3. The van der Waals surface area contributed by atoms with E-state index in [0.717, 1.165) is 32.1 Å². The van der Waals surface area contributed by atoms with Gasteiger partial charge in [0.1, 0.15) is 0 Å². The average molecular weight is 625 g/mol. The lowest BCUT2D eigenvalue weighted by atomic mass is 9.91. The Kier molecular flexibility index (Phi) is 26.2. The minimum atomic E-state index is -1.08. The summed E-state index contributed by atoms with van der Waals surface area (Å²) in [4.78, 5) is 37.8. The highest BCUT2D eigenvalue weighted by Crippen LogP contribution is 2.34. The van der Waals surface area contributed by atoms with Crippen molar-refractivity contribution in [1.82, 2.24) is 0 Å². The first kappa shape index (κ1) is 42.1. The molecule has 0 fully saturated rings. The third-order valence-corrected chi connectivity index (χ3v) is 9.34. The van der Waals surface area contributed by atoms with Crippen molar-refractivity contribution in [3.05, 3.63) is 12.2 Å². The highest BCUT2D eigenvalue weighted by molar-refractivity contribution is 5.78. The summed E-state index contributed by atoms with van der Waals surface area (Å²) in [6.45, 7) is 8.17. The number of carbonyl (C=O) groups is 3. The van der Waals surface area contributed by atoms with Gasteiger partial charge in [-0.25, -0.2) is 14.4 Å². The average Bonchev–Trinajstić information content (AvgIpc) is 2.98. The van der Waals surface area contributed by atoms with Crippen LogP contribution in [0.3, 0.4) is 0 Å². The van der Waals surface area contributed by atoms with E-state index in [1.165, 1.54) is 77.0 Å². The van der Waals surface area contributed by atoms with Gasteiger partial charge in [-0.15, -0.1) is 0 Å². The highest BCUT2D eigenvalue weighted by Gasteiger charge is 2.56. The van der Waals surface area contributed by atoms with Gasteiger partial charge in [0.25, 0.3) is 0 Å². The standard InChI is InChI=1S/C37H69NO6/c1-5-9-10-11-12-13-14-15-16-17-18-19-20-21-22-23-24-25-26-27-31-38(32(28-6-2)35(39)40,33(29-7-3)36(41)42)34(30-8-4)37(43)44/h17-18,32-34H,5-16,19-31H2,1-4H3,(H2-,39,40,41,42,43,44)/p+1/b18-17+. The first-order valence-corrected chi connectivity index (χ1v) is 18.4. The van der Waals surface area contributed by atoms with E-state index in [1.807, 2.05) is 20.8 Å². The van der Waals surface area contributed by atoms with E-state index in [1.54, 1.807) is 0 Å². The summed E-state index contributed by atoms with van der Waals surface area (Å²) in [5.74, 6) is -3.25. The molecule has 0 saturated heterocycles. The minimum Gasteiger partial charge on any atom is -0.477 e. The Morgan fingerprint density at radius 1 is 0.455 bits per heavy atom. The molecule has 7 nitrogen and oxygen atoms in total. The molecule has 0 aromatic rings. The molecule has 0 aliphatic carbocycles. The molecular weight excluding hydrogens is 554 g/mol. The predicted octanol–water partition coefficient (Wildman–Crippen LogP) is 10.2. The molecule has 258 valence electrons. The first-order valence-electron chi connectivity index (χ1n) is 18.4. The van der Waals surface area contributed by atoms with Crippen molar-refractivity contribution in [2.24, 2.45) is 0 Å². The molecule has 0 aliphatic heterocycles. The molecular formula is C37H70NO6+. The number of unbranched alkanes of at least 4 members (excludes halogenated alkanes) is 16. The van der Waals surface area contributed by atoms with Gasteiger partial charge in [0.15, 0.2) is 18.1 Å². The quantitative estimate of drug-likeness (QED) is 0.0390. The molecule has 0 heterocycles. The van der Waals surface area contributed by atoms with Crippen molar-refractivity contribution in [2.75, 3.05) is 6.54 Å². The fraction of sp³-hybridized carbons (Fsp3) is 0.865. The van der Waals surface area contributed by atoms with Gasteiger partial charge < -0.3 is 15.3 Å². The molecule has 7 heteroatoms. The van der Waals surface area contributed by atoms with E-state index < -0.39 is 36.0 Å². The molecule has 0 aromatic heterocycles. The Hall–Kier alpha value is -1.89. The van der Waals surface area contributed by atoms with Crippen molar-refractivity contribution in [1.29, 1.82) is 0 Å². The molecule has 44 heavy (non-hydrogen) atoms. The smallest absolute Gasteiger partial charge is 0.362 e. The third-order valence-electron chi connectivity index (χ3n) is 9.34. The Balaban J connectivity index is 4.76. The fourth-order valence-corrected chi connectivity index (χ4v) is 6.99. The number of aliphatic carboxylic acids is 3. The SMILES string of the molecule is CCCCCCCCCC/C=C/CCCCCCCCCC[N+](C(CCC)C(=O)O)(C(CCC)C(=O)O)C(CCC)C(=O)O. The number of rotatable bonds is 32. The van der Waals surface area contributed by atoms with Crippen LogP contribution in [0.5, 0.6) is 0 Å². The van der Waals surface area contributed by atoms with E-state index >= 15 is 0 Å². The Bertz CT molecular complexity index is 707. The molecule has 3 N–H and O–H groups in total. The summed E-state index contributed by atoms with van der Waals surface area (Å²) in [5.41, 5.74) is 0. The second kappa shape index (κ2) is 27.4. The van der Waals surface area contributed by atoms with Crippen molar-refractivity contribution >= 4 is 17.9 Å². The minimum absolute atomic E-state index is 0.269. The van der Waals surface area contributed by atoms with Crippen LogP contribution in [0.25, 0.3) is 0 Å². The van der Waals surface area contributed by atoms with Gasteiger partial charge >= 0.3 is 17.9 Å². The van der Waals surface area contributed by atoms with E-state index in [4.69, 9.17) is 0 Å². The van der Waals surface area contributed by atoms with Crippen molar-refractivity contribution in [3.63, 3.8) is 0 Å². The lowest BCUT2D eigenvalue weighted by Gasteiger charge is -2.50. The van der Waals surface area contributed by atoms with Gasteiger partial charge in [-0.1, -0.05) is 117 Å². The molecule has 0 bridgehead atoms. The number of carboxylic acids is 3. The number of allylic oxidation sites excluding steroid dienone is 2. The normalized spacial score (nSPS) is 15.2. The monoisotopic (exact) mass is 625 g/mol. The third kappa shape index (κ3) is 17.0. The van der Waals surface area contributed by atoms with Gasteiger partial charge in [0.05, 0.1) is 6.54 Å². The predicted molar refractivity (Wildman–Crippen MR) is 182 cm³/mol. The summed E-state index contributed by atoms with van der Waals surface area (Å²) >= 11 is 0. The Morgan fingerprint density at radius 2 is 0.750 bits per heavy atom. The second-order valence-electron chi connectivity index (χ2n) is 13.0. The maximum absolute atomic E-state index is 12.6. The van der Waals surface area contributed by atoms with Crippen LogP contribution in [0.4, 0.5) is 0 Å². The zero-order valence-corrected chi connectivity index (χ0v) is 29.1. The lowest BCUT2D eigenvalue weighted by Crippen LogP contribution is -2.72. The van der Waals surface area contributed by atoms with Crippen LogP contribution in [0.1, 0.15) is 182 Å². The maximum Gasteiger partial charge on any atom is 0.362 e. The van der Waals surface area contributed by atoms with Crippen LogP contribution in [0.15, 0.2) is 12.2 Å². The summed E-state index contributed by atoms with van der Waals surface area (Å²) in [6, 6.07) is -3.14. The summed E-state index contributed by atoms with van der Waals surface area (Å²) < 4.78 is -0.373. The molecule has 0 aliphatic rings. The Morgan fingerprint density at radius 3 is 1.05 bits per heavy atom. The van der Waals surface area contributed by atoms with Crippen molar-refractivity contribution < 1.29 is 34.2 Å². The number of carboxylic acid groups (broad SMARTS) is 3. The topological polar surface area (TPSA) is 112 Å². The zero-order valence-electron chi connectivity index (χ0n) is 29.1. The Labute approximate surface area is 270 Å². The second-order valence-corrected chi connectivity index (χ2v) is 13.0. The largest absolute Gasteiger partial charge is 0.477 e. The highest BCUT2D eigenvalue weighted by atomic mass is 16.4. The van der Waals surface area contributed by atoms with Gasteiger partial charge in [0.2, 0.25) is 0 Å².